The number of urea groups is 1. The quantitative estimate of drug-likeness (QED) is 0.819. The second-order valence-corrected chi connectivity index (χ2v) is 5.93. The van der Waals surface area contributed by atoms with Gasteiger partial charge in [-0.3, -0.25) is 19.8 Å². The van der Waals surface area contributed by atoms with Crippen molar-refractivity contribution in [3.63, 3.8) is 0 Å². The molecule has 0 spiro atoms. The van der Waals surface area contributed by atoms with E-state index in [0.29, 0.717) is 31.7 Å². The minimum absolute atomic E-state index is 0.0369. The molecule has 0 bridgehead atoms. The van der Waals surface area contributed by atoms with Crippen LogP contribution in [0.2, 0.25) is 0 Å². The number of amides is 4. The van der Waals surface area contributed by atoms with Crippen LogP contribution in [0.25, 0.3) is 0 Å². The summed E-state index contributed by atoms with van der Waals surface area (Å²) >= 11 is 0. The lowest BCUT2D eigenvalue weighted by Gasteiger charge is -2.40. The standard InChI is InChI=1S/C16H19FN4O3/c17-12-4-2-1-3-11(12)9-15(23)21-7-5-20(6-8-21)13-10-14(22)19-16(24)18-13/h1-4,13H,5-10H2,(H2,18,19,22,24). The number of hydrogen-bond acceptors (Lipinski definition) is 4. The Morgan fingerprint density at radius 2 is 1.88 bits per heavy atom. The van der Waals surface area contributed by atoms with Gasteiger partial charge >= 0.3 is 6.03 Å². The van der Waals surface area contributed by atoms with E-state index in [1.165, 1.54) is 6.07 Å². The van der Waals surface area contributed by atoms with Gasteiger partial charge < -0.3 is 10.2 Å². The van der Waals surface area contributed by atoms with Crippen molar-refractivity contribution in [3.8, 4) is 0 Å². The van der Waals surface area contributed by atoms with E-state index >= 15 is 0 Å². The Morgan fingerprint density at radius 3 is 2.54 bits per heavy atom. The summed E-state index contributed by atoms with van der Waals surface area (Å²) < 4.78 is 13.6. The molecule has 0 aliphatic carbocycles. The smallest absolute Gasteiger partial charge is 0.322 e. The van der Waals surface area contributed by atoms with Crippen LogP contribution in [0, 0.1) is 5.82 Å². The first-order chi connectivity index (χ1) is 11.5. The van der Waals surface area contributed by atoms with Crippen LogP contribution in [0.4, 0.5) is 9.18 Å². The topological polar surface area (TPSA) is 81.8 Å². The van der Waals surface area contributed by atoms with E-state index in [1.807, 2.05) is 4.90 Å². The summed E-state index contributed by atoms with van der Waals surface area (Å²) in [5, 5.41) is 4.90. The molecular formula is C16H19FN4O3. The molecule has 24 heavy (non-hydrogen) atoms. The normalized spacial score (nSPS) is 22.0. The summed E-state index contributed by atoms with van der Waals surface area (Å²) in [6.07, 6.45) is -0.0977. The third-order valence-corrected chi connectivity index (χ3v) is 4.34. The molecule has 1 aromatic carbocycles. The maximum absolute atomic E-state index is 13.6. The summed E-state index contributed by atoms with van der Waals surface area (Å²) in [5.74, 6) is -0.799. The molecule has 1 atom stereocenters. The Bertz CT molecular complexity index is 642. The van der Waals surface area contributed by atoms with Crippen LogP contribution in [0.1, 0.15) is 12.0 Å². The molecular weight excluding hydrogens is 315 g/mol. The molecule has 2 aliphatic rings. The zero-order valence-electron chi connectivity index (χ0n) is 13.1. The predicted octanol–water partition coefficient (Wildman–Crippen LogP) is 0.0680. The average Bonchev–Trinajstić information content (AvgIpc) is 2.56. The third-order valence-electron chi connectivity index (χ3n) is 4.34. The van der Waals surface area contributed by atoms with Gasteiger partial charge in [0, 0.05) is 26.2 Å². The first-order valence-electron chi connectivity index (χ1n) is 7.88. The summed E-state index contributed by atoms with van der Waals surface area (Å²) in [7, 11) is 0. The Hall–Kier alpha value is -2.48. The van der Waals surface area contributed by atoms with E-state index in [1.54, 1.807) is 23.1 Å². The van der Waals surface area contributed by atoms with Crippen molar-refractivity contribution in [1.82, 2.24) is 20.4 Å². The zero-order valence-corrected chi connectivity index (χ0v) is 13.1. The van der Waals surface area contributed by atoms with E-state index in [0.717, 1.165) is 0 Å². The molecule has 0 saturated carbocycles. The summed E-state index contributed by atoms with van der Waals surface area (Å²) in [6.45, 7) is 2.09. The highest BCUT2D eigenvalue weighted by Gasteiger charge is 2.31. The monoisotopic (exact) mass is 334 g/mol. The van der Waals surface area contributed by atoms with E-state index in [-0.39, 0.29) is 36.6 Å². The van der Waals surface area contributed by atoms with Crippen LogP contribution in [0.5, 0.6) is 0 Å². The van der Waals surface area contributed by atoms with Crippen LogP contribution in [0.3, 0.4) is 0 Å². The van der Waals surface area contributed by atoms with Gasteiger partial charge in [0.1, 0.15) is 5.82 Å². The molecule has 4 amide bonds. The number of hydrogen-bond donors (Lipinski definition) is 2. The number of benzene rings is 1. The maximum Gasteiger partial charge on any atom is 0.322 e. The van der Waals surface area contributed by atoms with Gasteiger partial charge in [-0.25, -0.2) is 9.18 Å². The summed E-state index contributed by atoms with van der Waals surface area (Å²) in [4.78, 5) is 38.8. The third kappa shape index (κ3) is 3.70. The SMILES string of the molecule is O=C1CC(N2CCN(C(=O)Cc3ccccc3F)CC2)NC(=O)N1. The molecule has 2 N–H and O–H groups in total. The number of imide groups is 1. The lowest BCUT2D eigenvalue weighted by Crippen LogP contribution is -2.62. The van der Waals surface area contributed by atoms with Crippen molar-refractivity contribution >= 4 is 17.8 Å². The van der Waals surface area contributed by atoms with Crippen LogP contribution in [-0.2, 0) is 16.0 Å². The van der Waals surface area contributed by atoms with Crippen molar-refractivity contribution in [2.45, 2.75) is 19.0 Å². The maximum atomic E-state index is 13.6. The number of nitrogens with one attached hydrogen (secondary N) is 2. The van der Waals surface area contributed by atoms with Gasteiger partial charge in [-0.05, 0) is 11.6 Å². The molecule has 1 unspecified atom stereocenters. The van der Waals surface area contributed by atoms with Crippen LogP contribution in [0.15, 0.2) is 24.3 Å². The minimum Gasteiger partial charge on any atom is -0.340 e. The second kappa shape index (κ2) is 6.96. The second-order valence-electron chi connectivity index (χ2n) is 5.93. The van der Waals surface area contributed by atoms with Gasteiger partial charge in [-0.2, -0.15) is 0 Å². The van der Waals surface area contributed by atoms with Gasteiger partial charge in [0.2, 0.25) is 11.8 Å². The molecule has 0 aromatic heterocycles. The average molecular weight is 334 g/mol. The van der Waals surface area contributed by atoms with E-state index in [9.17, 15) is 18.8 Å². The fourth-order valence-corrected chi connectivity index (χ4v) is 3.01. The molecule has 128 valence electrons. The lowest BCUT2D eigenvalue weighted by atomic mass is 10.1. The number of halogens is 1. The molecule has 0 radical (unpaired) electrons. The summed E-state index contributed by atoms with van der Waals surface area (Å²) in [6, 6.07) is 5.77. The van der Waals surface area contributed by atoms with Crippen LogP contribution in [-0.4, -0.2) is 60.0 Å². The number of piperazine rings is 1. The summed E-state index contributed by atoms with van der Waals surface area (Å²) in [5.41, 5.74) is 0.390. The van der Waals surface area contributed by atoms with Crippen molar-refractivity contribution in [1.29, 1.82) is 0 Å². The molecule has 3 rings (SSSR count). The number of nitrogens with zero attached hydrogens (tertiary/aromatic N) is 2. The largest absolute Gasteiger partial charge is 0.340 e. The van der Waals surface area contributed by atoms with Gasteiger partial charge in [0.25, 0.3) is 0 Å². The highest BCUT2D eigenvalue weighted by atomic mass is 19.1. The molecule has 7 nitrogen and oxygen atoms in total. The van der Waals surface area contributed by atoms with Crippen molar-refractivity contribution in [2.75, 3.05) is 26.2 Å². The highest BCUT2D eigenvalue weighted by molar-refractivity contribution is 5.97. The minimum atomic E-state index is -0.491. The first-order valence-corrected chi connectivity index (χ1v) is 7.88. The Balaban J connectivity index is 1.53. The zero-order chi connectivity index (χ0) is 17.1. The van der Waals surface area contributed by atoms with Crippen molar-refractivity contribution in [2.24, 2.45) is 0 Å². The molecule has 2 fully saturated rings. The first kappa shape index (κ1) is 16.4. The van der Waals surface area contributed by atoms with Crippen LogP contribution < -0.4 is 10.6 Å². The lowest BCUT2D eigenvalue weighted by molar-refractivity contribution is -0.133. The Morgan fingerprint density at radius 1 is 1.17 bits per heavy atom. The van der Waals surface area contributed by atoms with Crippen molar-refractivity contribution < 1.29 is 18.8 Å². The molecule has 2 aliphatic heterocycles. The molecule has 8 heteroatoms. The van der Waals surface area contributed by atoms with Crippen LogP contribution >= 0.6 is 0 Å². The van der Waals surface area contributed by atoms with E-state index in [4.69, 9.17) is 0 Å². The predicted molar refractivity (Wildman–Crippen MR) is 83.3 cm³/mol. The molecule has 2 saturated heterocycles. The number of carbonyl (C=O) groups is 3. The van der Waals surface area contributed by atoms with Gasteiger partial charge in [-0.15, -0.1) is 0 Å². The number of rotatable bonds is 3. The van der Waals surface area contributed by atoms with Gasteiger partial charge in [0.15, 0.2) is 0 Å². The molecule has 1 aromatic rings. The fourth-order valence-electron chi connectivity index (χ4n) is 3.01. The van der Waals surface area contributed by atoms with E-state index < -0.39 is 6.03 Å². The van der Waals surface area contributed by atoms with Crippen molar-refractivity contribution in [3.05, 3.63) is 35.6 Å². The highest BCUT2D eigenvalue weighted by Crippen LogP contribution is 2.13. The fraction of sp³-hybridized carbons (Fsp3) is 0.438. The van der Waals surface area contributed by atoms with Gasteiger partial charge in [-0.1, -0.05) is 18.2 Å². The number of carbonyl (C=O) groups excluding carboxylic acids is 3. The molecule has 2 heterocycles. The van der Waals surface area contributed by atoms with Gasteiger partial charge in [0.05, 0.1) is 19.0 Å². The Labute approximate surface area is 138 Å². The Kier molecular flexibility index (Phi) is 4.75. The van der Waals surface area contributed by atoms with E-state index in [2.05, 4.69) is 10.6 Å².